The molecule has 110 valence electrons. The second-order valence-electron chi connectivity index (χ2n) is 6.20. The number of hydrogen-bond acceptors (Lipinski definition) is 3. The summed E-state index contributed by atoms with van der Waals surface area (Å²) in [5, 5.41) is 9.61. The van der Waals surface area contributed by atoms with E-state index in [9.17, 15) is 14.3 Å². The van der Waals surface area contributed by atoms with Gasteiger partial charge in [0.1, 0.15) is 0 Å². The third-order valence-electron chi connectivity index (χ3n) is 4.74. The Bertz CT molecular complexity index is 631. The van der Waals surface area contributed by atoms with Crippen LogP contribution in [-0.2, 0) is 10.8 Å². The van der Waals surface area contributed by atoms with E-state index in [1.54, 1.807) is 12.1 Å². The molecule has 2 fully saturated rings. The second kappa shape index (κ2) is 5.73. The van der Waals surface area contributed by atoms with Crippen molar-refractivity contribution in [3.05, 3.63) is 34.9 Å². The largest absolute Gasteiger partial charge is 0.294 e. The van der Waals surface area contributed by atoms with Gasteiger partial charge in [0, 0.05) is 32.8 Å². The number of fused-ring (bicyclic) bond motifs is 2. The lowest BCUT2D eigenvalue weighted by molar-refractivity contribution is 0.0895. The van der Waals surface area contributed by atoms with Crippen LogP contribution in [0.4, 0.5) is 0 Å². The van der Waals surface area contributed by atoms with Crippen molar-refractivity contribution in [3.8, 4) is 6.07 Å². The maximum atomic E-state index is 12.8. The number of carbonyl (C=O) groups excluding carboxylic acids is 1. The Morgan fingerprint density at radius 1 is 1.29 bits per heavy atom. The molecule has 21 heavy (non-hydrogen) atoms. The van der Waals surface area contributed by atoms with Crippen LogP contribution in [0.2, 0.25) is 0 Å². The van der Waals surface area contributed by atoms with E-state index >= 15 is 0 Å². The van der Waals surface area contributed by atoms with Crippen LogP contribution in [0.1, 0.15) is 53.6 Å². The van der Waals surface area contributed by atoms with E-state index < -0.39 is 10.8 Å². The van der Waals surface area contributed by atoms with Crippen molar-refractivity contribution in [2.75, 3.05) is 0 Å². The average Bonchev–Trinajstić information content (AvgIpc) is 2.46. The van der Waals surface area contributed by atoms with Gasteiger partial charge in [-0.1, -0.05) is 12.5 Å². The second-order valence-corrected chi connectivity index (χ2v) is 8.19. The lowest BCUT2D eigenvalue weighted by Gasteiger charge is -2.37. The van der Waals surface area contributed by atoms with Gasteiger partial charge in [-0.3, -0.25) is 9.00 Å². The first-order valence-corrected chi connectivity index (χ1v) is 8.82. The van der Waals surface area contributed by atoms with Gasteiger partial charge in [0.05, 0.1) is 11.6 Å². The van der Waals surface area contributed by atoms with Gasteiger partial charge in [-0.2, -0.15) is 5.26 Å². The van der Waals surface area contributed by atoms with Gasteiger partial charge in [0.2, 0.25) is 0 Å². The van der Waals surface area contributed by atoms with Crippen LogP contribution in [-0.4, -0.2) is 20.5 Å². The van der Waals surface area contributed by atoms with E-state index in [0.717, 1.165) is 37.7 Å². The van der Waals surface area contributed by atoms with Crippen LogP contribution in [0, 0.1) is 24.2 Å². The highest BCUT2D eigenvalue weighted by Crippen LogP contribution is 2.38. The van der Waals surface area contributed by atoms with Crippen molar-refractivity contribution in [2.24, 2.45) is 5.92 Å². The van der Waals surface area contributed by atoms with Crippen molar-refractivity contribution >= 4 is 16.6 Å². The molecule has 1 aromatic carbocycles. The molecule has 2 unspecified atom stereocenters. The number of rotatable bonds is 2. The zero-order chi connectivity index (χ0) is 15.0. The molecule has 0 amide bonds. The molecule has 2 aliphatic rings. The highest BCUT2D eigenvalue weighted by atomic mass is 32.2. The standard InChI is InChI=1S/C17H19NO2S/c1-11-5-6-16(13(7-11)10-18)17(19)12-8-14-3-2-4-15(9-12)21(14)20/h5-7,12,14-15H,2-4,8-9H2,1H3. The zero-order valence-electron chi connectivity index (χ0n) is 12.2. The first-order chi connectivity index (χ1) is 10.1. The molecule has 1 aromatic rings. The van der Waals surface area contributed by atoms with Crippen molar-refractivity contribution in [1.82, 2.24) is 0 Å². The van der Waals surface area contributed by atoms with E-state index in [4.69, 9.17) is 0 Å². The number of carbonyl (C=O) groups is 1. The first-order valence-electron chi connectivity index (χ1n) is 7.54. The molecule has 0 aromatic heterocycles. The van der Waals surface area contributed by atoms with Gasteiger partial charge in [0.25, 0.3) is 0 Å². The molecule has 3 nitrogen and oxygen atoms in total. The van der Waals surface area contributed by atoms with Crippen molar-refractivity contribution < 1.29 is 9.00 Å². The van der Waals surface area contributed by atoms with Gasteiger partial charge in [-0.05, 0) is 50.3 Å². The fourth-order valence-electron chi connectivity index (χ4n) is 3.63. The molecule has 2 bridgehead atoms. The summed E-state index contributed by atoms with van der Waals surface area (Å²) in [6, 6.07) is 7.57. The van der Waals surface area contributed by atoms with Gasteiger partial charge >= 0.3 is 0 Å². The Morgan fingerprint density at radius 2 is 1.95 bits per heavy atom. The molecule has 0 aliphatic carbocycles. The number of nitrogens with zero attached hydrogens (tertiary/aromatic N) is 1. The molecular weight excluding hydrogens is 282 g/mol. The number of ketones is 1. The number of hydrogen-bond donors (Lipinski definition) is 0. The van der Waals surface area contributed by atoms with Crippen LogP contribution < -0.4 is 0 Å². The smallest absolute Gasteiger partial charge is 0.167 e. The highest BCUT2D eigenvalue weighted by Gasteiger charge is 2.40. The molecule has 3 rings (SSSR count). The molecule has 2 atom stereocenters. The number of aryl methyl sites for hydroxylation is 1. The third-order valence-corrected chi connectivity index (χ3v) is 6.91. The van der Waals surface area contributed by atoms with Crippen molar-refractivity contribution in [1.29, 1.82) is 5.26 Å². The summed E-state index contributed by atoms with van der Waals surface area (Å²) in [5.41, 5.74) is 2.00. The molecule has 0 spiro atoms. The third kappa shape index (κ3) is 2.67. The first kappa shape index (κ1) is 14.5. The Hall–Kier alpha value is -1.47. The number of nitriles is 1. The molecule has 2 aliphatic heterocycles. The fourth-order valence-corrected chi connectivity index (χ4v) is 5.82. The van der Waals surface area contributed by atoms with Gasteiger partial charge in [-0.25, -0.2) is 0 Å². The molecule has 0 N–H and O–H groups in total. The topological polar surface area (TPSA) is 57.9 Å². The van der Waals surface area contributed by atoms with Crippen molar-refractivity contribution in [2.45, 2.75) is 49.5 Å². The van der Waals surface area contributed by atoms with E-state index in [1.165, 1.54) is 0 Å². The SMILES string of the molecule is Cc1ccc(C(=O)C2CC3CCCC(C2)S3=O)c(C#N)c1. The van der Waals surface area contributed by atoms with Crippen LogP contribution in [0.5, 0.6) is 0 Å². The Balaban J connectivity index is 1.87. The molecule has 0 saturated carbocycles. The molecular formula is C17H19NO2S. The van der Waals surface area contributed by atoms with Crippen LogP contribution >= 0.6 is 0 Å². The predicted octanol–water partition coefficient (Wildman–Crippen LogP) is 3.13. The van der Waals surface area contributed by atoms with E-state index in [2.05, 4.69) is 6.07 Å². The average molecular weight is 301 g/mol. The lowest BCUT2D eigenvalue weighted by Crippen LogP contribution is -2.41. The van der Waals surface area contributed by atoms with E-state index in [0.29, 0.717) is 11.1 Å². The quantitative estimate of drug-likeness (QED) is 0.789. The zero-order valence-corrected chi connectivity index (χ0v) is 13.0. The lowest BCUT2D eigenvalue weighted by atomic mass is 9.83. The summed E-state index contributed by atoms with van der Waals surface area (Å²) in [5.74, 6) is 0.00737. The fraction of sp³-hybridized carbons (Fsp3) is 0.529. The number of Topliss-reactive ketones (excluding diaryl/α,β-unsaturated/α-hetero) is 1. The van der Waals surface area contributed by atoms with Crippen LogP contribution in [0.3, 0.4) is 0 Å². The monoisotopic (exact) mass is 301 g/mol. The minimum absolute atomic E-state index is 0.0622. The van der Waals surface area contributed by atoms with Crippen LogP contribution in [0.15, 0.2) is 18.2 Å². The Morgan fingerprint density at radius 3 is 2.57 bits per heavy atom. The molecule has 4 heteroatoms. The summed E-state index contributed by atoms with van der Waals surface area (Å²) < 4.78 is 12.2. The summed E-state index contributed by atoms with van der Waals surface area (Å²) in [6.07, 6.45) is 4.54. The van der Waals surface area contributed by atoms with E-state index in [1.807, 2.05) is 13.0 Å². The molecule has 2 saturated heterocycles. The van der Waals surface area contributed by atoms with Gasteiger partial charge in [-0.15, -0.1) is 0 Å². The predicted molar refractivity (Wildman–Crippen MR) is 82.5 cm³/mol. The highest BCUT2D eigenvalue weighted by molar-refractivity contribution is 7.86. The summed E-state index contributed by atoms with van der Waals surface area (Å²) in [4.78, 5) is 12.8. The Labute approximate surface area is 127 Å². The molecule has 2 heterocycles. The van der Waals surface area contributed by atoms with Gasteiger partial charge < -0.3 is 0 Å². The van der Waals surface area contributed by atoms with Gasteiger partial charge in [0.15, 0.2) is 5.78 Å². The normalized spacial score (nSPS) is 31.4. The minimum Gasteiger partial charge on any atom is -0.294 e. The number of benzene rings is 1. The maximum absolute atomic E-state index is 12.8. The summed E-state index contributed by atoms with van der Waals surface area (Å²) in [7, 11) is -0.758. The van der Waals surface area contributed by atoms with E-state index in [-0.39, 0.29) is 22.2 Å². The minimum atomic E-state index is -0.758. The summed E-state index contributed by atoms with van der Waals surface area (Å²) in [6.45, 7) is 1.92. The molecule has 0 radical (unpaired) electrons. The Kier molecular flexibility index (Phi) is 3.95. The van der Waals surface area contributed by atoms with Crippen LogP contribution in [0.25, 0.3) is 0 Å². The maximum Gasteiger partial charge on any atom is 0.167 e. The van der Waals surface area contributed by atoms with Crippen molar-refractivity contribution in [3.63, 3.8) is 0 Å². The summed E-state index contributed by atoms with van der Waals surface area (Å²) >= 11 is 0.